The summed E-state index contributed by atoms with van der Waals surface area (Å²) in [6.07, 6.45) is 1.62. The molecule has 0 saturated carbocycles. The molecule has 0 aliphatic rings. The number of aromatic amines is 1. The standard InChI is InChI=1S/C25H18FN5O2/c26-18-12-10-17(11-13-18)21-23(31(15-27-21)14-16-6-2-1-3-7-16)28-25(33)22-19-8-4-5-9-20(19)24(32)30-29-22/h1-13,15H,14H2,(H,28,33)(H,30,32). The van der Waals surface area contributed by atoms with Crippen LogP contribution in [-0.2, 0) is 6.54 Å². The normalized spacial score (nSPS) is 10.9. The van der Waals surface area contributed by atoms with Crippen LogP contribution in [-0.4, -0.2) is 25.7 Å². The first kappa shape index (κ1) is 20.3. The van der Waals surface area contributed by atoms with Crippen molar-refractivity contribution >= 4 is 22.5 Å². The number of hydrogen-bond donors (Lipinski definition) is 2. The van der Waals surface area contributed by atoms with E-state index in [-0.39, 0.29) is 17.1 Å². The molecule has 0 saturated heterocycles. The van der Waals surface area contributed by atoms with Crippen LogP contribution in [0.25, 0.3) is 22.0 Å². The highest BCUT2D eigenvalue weighted by Gasteiger charge is 2.20. The van der Waals surface area contributed by atoms with Gasteiger partial charge in [0.05, 0.1) is 18.3 Å². The van der Waals surface area contributed by atoms with Crippen molar-refractivity contribution in [2.45, 2.75) is 6.54 Å². The predicted molar refractivity (Wildman–Crippen MR) is 123 cm³/mol. The molecule has 162 valence electrons. The number of carbonyl (C=O) groups excluding carboxylic acids is 1. The Labute approximate surface area is 187 Å². The smallest absolute Gasteiger partial charge is 0.277 e. The third-order valence-corrected chi connectivity index (χ3v) is 5.29. The van der Waals surface area contributed by atoms with E-state index in [1.807, 2.05) is 30.3 Å². The van der Waals surface area contributed by atoms with E-state index in [4.69, 9.17) is 0 Å². The molecule has 5 rings (SSSR count). The quantitative estimate of drug-likeness (QED) is 0.429. The highest BCUT2D eigenvalue weighted by atomic mass is 19.1. The molecule has 5 aromatic rings. The predicted octanol–water partition coefficient (Wildman–Crippen LogP) is 4.23. The van der Waals surface area contributed by atoms with E-state index in [9.17, 15) is 14.0 Å². The molecule has 0 radical (unpaired) electrons. The van der Waals surface area contributed by atoms with E-state index in [1.165, 1.54) is 12.1 Å². The molecule has 2 heterocycles. The summed E-state index contributed by atoms with van der Waals surface area (Å²) in [4.78, 5) is 29.9. The van der Waals surface area contributed by atoms with Gasteiger partial charge in [-0.25, -0.2) is 14.5 Å². The molecule has 2 N–H and O–H groups in total. The highest BCUT2D eigenvalue weighted by Crippen LogP contribution is 2.28. The first-order valence-electron chi connectivity index (χ1n) is 10.2. The summed E-state index contributed by atoms with van der Waals surface area (Å²) in [5.41, 5.74) is 1.88. The minimum atomic E-state index is -0.499. The van der Waals surface area contributed by atoms with E-state index in [2.05, 4.69) is 20.5 Å². The van der Waals surface area contributed by atoms with Gasteiger partial charge in [-0.05, 0) is 35.9 Å². The fourth-order valence-electron chi connectivity index (χ4n) is 3.69. The molecule has 0 fully saturated rings. The minimum absolute atomic E-state index is 0.0858. The Morgan fingerprint density at radius 3 is 2.39 bits per heavy atom. The number of halogens is 1. The van der Waals surface area contributed by atoms with Crippen LogP contribution in [0.15, 0.2) is 90.0 Å². The number of rotatable bonds is 5. The summed E-state index contributed by atoms with van der Waals surface area (Å²) >= 11 is 0. The van der Waals surface area contributed by atoms with Crippen molar-refractivity contribution < 1.29 is 9.18 Å². The van der Waals surface area contributed by atoms with Crippen LogP contribution < -0.4 is 10.9 Å². The monoisotopic (exact) mass is 439 g/mol. The molecule has 7 nitrogen and oxygen atoms in total. The minimum Gasteiger partial charge on any atom is -0.312 e. The summed E-state index contributed by atoms with van der Waals surface area (Å²) in [5, 5.41) is 10.1. The Balaban J connectivity index is 1.58. The van der Waals surface area contributed by atoms with Crippen LogP contribution in [0.2, 0.25) is 0 Å². The van der Waals surface area contributed by atoms with Crippen LogP contribution in [0.4, 0.5) is 10.2 Å². The van der Waals surface area contributed by atoms with Crippen molar-refractivity contribution in [3.05, 3.63) is 113 Å². The van der Waals surface area contributed by atoms with Gasteiger partial charge in [-0.3, -0.25) is 9.59 Å². The zero-order chi connectivity index (χ0) is 22.8. The molecule has 0 aliphatic carbocycles. The molecule has 3 aromatic carbocycles. The Hall–Kier alpha value is -4.59. The van der Waals surface area contributed by atoms with Crippen molar-refractivity contribution in [1.82, 2.24) is 19.7 Å². The summed E-state index contributed by atoms with van der Waals surface area (Å²) < 4.78 is 15.3. The fraction of sp³-hybridized carbons (Fsp3) is 0.0400. The van der Waals surface area contributed by atoms with Gasteiger partial charge in [0.25, 0.3) is 11.5 Å². The SMILES string of the molecule is O=C(Nc1c(-c2ccc(F)cc2)ncn1Cc1ccccc1)c1n[nH]c(=O)c2ccccc12. The van der Waals surface area contributed by atoms with E-state index in [1.54, 1.807) is 47.3 Å². The highest BCUT2D eigenvalue weighted by molar-refractivity contribution is 6.11. The molecule has 0 unspecified atom stereocenters. The van der Waals surface area contributed by atoms with Gasteiger partial charge >= 0.3 is 0 Å². The Kier molecular flexibility index (Phi) is 5.24. The van der Waals surface area contributed by atoms with Gasteiger partial charge in [-0.2, -0.15) is 5.10 Å². The van der Waals surface area contributed by atoms with Gasteiger partial charge in [0.1, 0.15) is 17.3 Å². The average molecular weight is 439 g/mol. The van der Waals surface area contributed by atoms with Crippen LogP contribution >= 0.6 is 0 Å². The molecule has 8 heteroatoms. The zero-order valence-electron chi connectivity index (χ0n) is 17.3. The number of fused-ring (bicyclic) bond motifs is 1. The van der Waals surface area contributed by atoms with Crippen LogP contribution in [0.3, 0.4) is 0 Å². The molecule has 0 aliphatic heterocycles. The first-order valence-corrected chi connectivity index (χ1v) is 10.2. The number of aromatic nitrogens is 4. The topological polar surface area (TPSA) is 92.7 Å². The number of hydrogen-bond acceptors (Lipinski definition) is 4. The molecular formula is C25H18FN5O2. The lowest BCUT2D eigenvalue weighted by atomic mass is 10.1. The molecular weight excluding hydrogens is 421 g/mol. The molecule has 0 bridgehead atoms. The summed E-state index contributed by atoms with van der Waals surface area (Å²) in [7, 11) is 0. The molecule has 1 amide bonds. The second-order valence-electron chi connectivity index (χ2n) is 7.46. The maximum absolute atomic E-state index is 13.5. The Morgan fingerprint density at radius 1 is 0.939 bits per heavy atom. The van der Waals surface area contributed by atoms with Gasteiger partial charge in [-0.15, -0.1) is 0 Å². The van der Waals surface area contributed by atoms with Gasteiger partial charge in [0, 0.05) is 10.9 Å². The molecule has 2 aromatic heterocycles. The van der Waals surface area contributed by atoms with Crippen LogP contribution in [0.1, 0.15) is 16.1 Å². The van der Waals surface area contributed by atoms with Gasteiger partial charge in [0.15, 0.2) is 5.69 Å². The number of anilines is 1. The van der Waals surface area contributed by atoms with Crippen molar-refractivity contribution in [3.8, 4) is 11.3 Å². The summed E-state index contributed by atoms with van der Waals surface area (Å²) in [6, 6.07) is 22.4. The maximum Gasteiger partial charge on any atom is 0.277 e. The number of nitrogens with one attached hydrogen (secondary N) is 2. The fourth-order valence-corrected chi connectivity index (χ4v) is 3.69. The Bertz CT molecular complexity index is 1510. The average Bonchev–Trinajstić information content (AvgIpc) is 3.22. The van der Waals surface area contributed by atoms with E-state index in [0.717, 1.165) is 5.56 Å². The molecule has 0 spiro atoms. The van der Waals surface area contributed by atoms with Crippen LogP contribution in [0.5, 0.6) is 0 Å². The van der Waals surface area contributed by atoms with E-state index < -0.39 is 5.91 Å². The number of benzene rings is 3. The number of H-pyrrole nitrogens is 1. The third kappa shape index (κ3) is 4.01. The van der Waals surface area contributed by atoms with E-state index in [0.29, 0.717) is 34.4 Å². The van der Waals surface area contributed by atoms with E-state index >= 15 is 0 Å². The second kappa shape index (κ2) is 8.51. The number of amides is 1. The number of nitrogens with zero attached hydrogens (tertiary/aromatic N) is 3. The Morgan fingerprint density at radius 2 is 1.64 bits per heavy atom. The van der Waals surface area contributed by atoms with Crippen molar-refractivity contribution in [3.63, 3.8) is 0 Å². The van der Waals surface area contributed by atoms with Gasteiger partial charge < -0.3 is 9.88 Å². The number of carbonyl (C=O) groups is 1. The van der Waals surface area contributed by atoms with Crippen molar-refractivity contribution in [2.75, 3.05) is 5.32 Å². The third-order valence-electron chi connectivity index (χ3n) is 5.29. The second-order valence-corrected chi connectivity index (χ2v) is 7.46. The van der Waals surface area contributed by atoms with Crippen LogP contribution in [0, 0.1) is 5.82 Å². The zero-order valence-corrected chi connectivity index (χ0v) is 17.3. The maximum atomic E-state index is 13.5. The number of imidazole rings is 1. The largest absolute Gasteiger partial charge is 0.312 e. The molecule has 33 heavy (non-hydrogen) atoms. The molecule has 0 atom stereocenters. The van der Waals surface area contributed by atoms with Gasteiger partial charge in [-0.1, -0.05) is 48.5 Å². The van der Waals surface area contributed by atoms with Crippen molar-refractivity contribution in [2.24, 2.45) is 0 Å². The lowest BCUT2D eigenvalue weighted by Gasteiger charge is -2.12. The van der Waals surface area contributed by atoms with Gasteiger partial charge in [0.2, 0.25) is 0 Å². The summed E-state index contributed by atoms with van der Waals surface area (Å²) in [6.45, 7) is 0.463. The lowest BCUT2D eigenvalue weighted by Crippen LogP contribution is -2.21. The van der Waals surface area contributed by atoms with Crippen molar-refractivity contribution in [1.29, 1.82) is 0 Å². The summed E-state index contributed by atoms with van der Waals surface area (Å²) in [5.74, 6) is -0.426. The first-order chi connectivity index (χ1) is 16.1. The lowest BCUT2D eigenvalue weighted by molar-refractivity contribution is 0.102.